The van der Waals surface area contributed by atoms with Gasteiger partial charge in [-0.3, -0.25) is 0 Å². The van der Waals surface area contributed by atoms with E-state index in [2.05, 4.69) is 36.3 Å². The van der Waals surface area contributed by atoms with Gasteiger partial charge in [0.25, 0.3) is 0 Å². The van der Waals surface area contributed by atoms with Crippen LogP contribution >= 0.6 is 15.9 Å². The van der Waals surface area contributed by atoms with Gasteiger partial charge < -0.3 is 5.32 Å². The van der Waals surface area contributed by atoms with Gasteiger partial charge in [-0.05, 0) is 48.7 Å². The quantitative estimate of drug-likeness (QED) is 0.866. The second-order valence-electron chi connectivity index (χ2n) is 5.99. The summed E-state index contributed by atoms with van der Waals surface area (Å²) in [5, 5.41) is 7.53. The number of alkyl halides is 2. The van der Waals surface area contributed by atoms with Gasteiger partial charge in [-0.2, -0.15) is 10.1 Å². The Morgan fingerprint density at radius 1 is 1.22 bits per heavy atom. The molecule has 1 N–H and O–H groups in total. The second kappa shape index (κ2) is 6.14. The molecule has 0 radical (unpaired) electrons. The summed E-state index contributed by atoms with van der Waals surface area (Å²) in [5.74, 6) is -1.42. The zero-order valence-electron chi connectivity index (χ0n) is 13.0. The van der Waals surface area contributed by atoms with Crippen LogP contribution in [0.3, 0.4) is 0 Å². The first kappa shape index (κ1) is 16.3. The largest absolute Gasteiger partial charge is 0.351 e. The Balaban J connectivity index is 1.80. The molecule has 0 aromatic carbocycles. The Morgan fingerprint density at radius 2 is 1.91 bits per heavy atom. The average molecular weight is 386 g/mol. The average Bonchev–Trinajstić information content (AvgIpc) is 2.79. The normalized spacial score (nSPS) is 18.1. The Kier molecular flexibility index (Phi) is 4.35. The molecule has 5 nitrogen and oxygen atoms in total. The lowest BCUT2D eigenvalue weighted by atomic mass is 9.92. The number of aromatic nitrogens is 4. The standard InChI is InChI=1S/C15H18BrF2N5/c1-9-7-13(23-10(2)8-12(16)22-23)21-14(19-9)20-11-3-5-15(17,18)6-4-11/h7-8,11H,3-6H2,1-2H3,(H,19,20,21). The van der Waals surface area contributed by atoms with Gasteiger partial charge in [-0.25, -0.2) is 18.4 Å². The van der Waals surface area contributed by atoms with E-state index >= 15 is 0 Å². The van der Waals surface area contributed by atoms with Crippen molar-refractivity contribution >= 4 is 21.9 Å². The van der Waals surface area contributed by atoms with Gasteiger partial charge in [-0.15, -0.1) is 0 Å². The molecule has 2 aromatic rings. The molecule has 1 fully saturated rings. The number of aryl methyl sites for hydroxylation is 2. The fraction of sp³-hybridized carbons (Fsp3) is 0.533. The summed E-state index contributed by atoms with van der Waals surface area (Å²) in [7, 11) is 0. The molecular weight excluding hydrogens is 368 g/mol. The summed E-state index contributed by atoms with van der Waals surface area (Å²) in [6.45, 7) is 3.81. The molecule has 0 bridgehead atoms. The molecule has 0 aliphatic heterocycles. The van der Waals surface area contributed by atoms with Crippen LogP contribution in [0.1, 0.15) is 37.1 Å². The monoisotopic (exact) mass is 385 g/mol. The number of hydrogen-bond donors (Lipinski definition) is 1. The molecule has 0 amide bonds. The van der Waals surface area contributed by atoms with Gasteiger partial charge in [-0.1, -0.05) is 0 Å². The Hall–Kier alpha value is -1.57. The van der Waals surface area contributed by atoms with Crippen LogP contribution in [0.2, 0.25) is 0 Å². The molecule has 1 saturated carbocycles. The lowest BCUT2D eigenvalue weighted by Gasteiger charge is -2.28. The van der Waals surface area contributed by atoms with Crippen LogP contribution in [-0.2, 0) is 0 Å². The van der Waals surface area contributed by atoms with Crippen molar-refractivity contribution in [1.82, 2.24) is 19.7 Å². The van der Waals surface area contributed by atoms with Crippen LogP contribution in [0.15, 0.2) is 16.7 Å². The van der Waals surface area contributed by atoms with Crippen molar-refractivity contribution in [2.24, 2.45) is 0 Å². The summed E-state index contributed by atoms with van der Waals surface area (Å²) in [4.78, 5) is 8.84. The predicted molar refractivity (Wildman–Crippen MR) is 87.2 cm³/mol. The Bertz CT molecular complexity index is 706. The van der Waals surface area contributed by atoms with Gasteiger partial charge in [0.1, 0.15) is 4.60 Å². The van der Waals surface area contributed by atoms with Crippen molar-refractivity contribution in [3.05, 3.63) is 28.1 Å². The Morgan fingerprint density at radius 3 is 2.52 bits per heavy atom. The summed E-state index contributed by atoms with van der Waals surface area (Å²) in [5.41, 5.74) is 1.74. The first-order valence-electron chi connectivity index (χ1n) is 7.55. The molecule has 2 heterocycles. The molecule has 0 atom stereocenters. The molecule has 8 heteroatoms. The first-order chi connectivity index (χ1) is 10.8. The van der Waals surface area contributed by atoms with E-state index in [0.29, 0.717) is 24.6 Å². The molecule has 124 valence electrons. The van der Waals surface area contributed by atoms with Crippen molar-refractivity contribution in [1.29, 1.82) is 0 Å². The van der Waals surface area contributed by atoms with E-state index in [0.717, 1.165) is 16.0 Å². The molecule has 1 aliphatic rings. The van der Waals surface area contributed by atoms with Gasteiger partial charge in [0.2, 0.25) is 11.9 Å². The van der Waals surface area contributed by atoms with E-state index in [1.807, 2.05) is 26.0 Å². The van der Waals surface area contributed by atoms with Crippen LogP contribution in [0.5, 0.6) is 0 Å². The number of rotatable bonds is 3. The minimum absolute atomic E-state index is 0.0188. The zero-order chi connectivity index (χ0) is 16.6. The van der Waals surface area contributed by atoms with Crippen molar-refractivity contribution in [2.45, 2.75) is 51.5 Å². The third-order valence-electron chi connectivity index (χ3n) is 3.97. The van der Waals surface area contributed by atoms with Crippen molar-refractivity contribution in [2.75, 3.05) is 5.32 Å². The molecule has 0 spiro atoms. The van der Waals surface area contributed by atoms with Crippen LogP contribution < -0.4 is 5.32 Å². The van der Waals surface area contributed by atoms with Crippen molar-refractivity contribution in [3.8, 4) is 5.82 Å². The highest BCUT2D eigenvalue weighted by Crippen LogP contribution is 2.34. The minimum Gasteiger partial charge on any atom is -0.351 e. The molecule has 3 rings (SSSR count). The third kappa shape index (κ3) is 3.85. The summed E-state index contributed by atoms with van der Waals surface area (Å²) in [6, 6.07) is 3.72. The molecule has 1 aliphatic carbocycles. The fourth-order valence-corrected chi connectivity index (χ4v) is 3.25. The third-order valence-corrected chi connectivity index (χ3v) is 4.35. The first-order valence-corrected chi connectivity index (χ1v) is 8.34. The SMILES string of the molecule is Cc1cc(-n2nc(Br)cc2C)nc(NC2CCC(F)(F)CC2)n1. The number of hydrogen-bond acceptors (Lipinski definition) is 4. The lowest BCUT2D eigenvalue weighted by Crippen LogP contribution is -2.32. The van der Waals surface area contributed by atoms with Crippen LogP contribution in [0.4, 0.5) is 14.7 Å². The maximum atomic E-state index is 13.2. The zero-order valence-corrected chi connectivity index (χ0v) is 14.6. The van der Waals surface area contributed by atoms with Crippen molar-refractivity contribution < 1.29 is 8.78 Å². The molecule has 0 unspecified atom stereocenters. The molecule has 23 heavy (non-hydrogen) atoms. The van der Waals surface area contributed by atoms with E-state index in [-0.39, 0.29) is 18.9 Å². The topological polar surface area (TPSA) is 55.6 Å². The Labute approximate surface area is 141 Å². The van der Waals surface area contributed by atoms with Crippen LogP contribution in [0.25, 0.3) is 5.82 Å². The van der Waals surface area contributed by atoms with E-state index in [4.69, 9.17) is 0 Å². The van der Waals surface area contributed by atoms with Gasteiger partial charge >= 0.3 is 0 Å². The van der Waals surface area contributed by atoms with E-state index in [9.17, 15) is 8.78 Å². The summed E-state index contributed by atoms with van der Waals surface area (Å²) < 4.78 is 28.9. The molecule has 2 aromatic heterocycles. The van der Waals surface area contributed by atoms with Crippen LogP contribution in [0, 0.1) is 13.8 Å². The predicted octanol–water partition coefficient (Wildman–Crippen LogP) is 4.03. The summed E-state index contributed by atoms with van der Waals surface area (Å²) >= 11 is 3.35. The van der Waals surface area contributed by atoms with Crippen molar-refractivity contribution in [3.63, 3.8) is 0 Å². The fourth-order valence-electron chi connectivity index (χ4n) is 2.76. The maximum Gasteiger partial charge on any atom is 0.248 e. The smallest absolute Gasteiger partial charge is 0.248 e. The number of anilines is 1. The van der Waals surface area contributed by atoms with E-state index < -0.39 is 5.92 Å². The van der Waals surface area contributed by atoms with Crippen LogP contribution in [-0.4, -0.2) is 31.7 Å². The minimum atomic E-state index is -2.53. The number of nitrogens with one attached hydrogen (secondary N) is 1. The van der Waals surface area contributed by atoms with Gasteiger partial charge in [0.15, 0.2) is 5.82 Å². The number of halogens is 3. The second-order valence-corrected chi connectivity index (χ2v) is 6.80. The molecular formula is C15H18BrF2N5. The van der Waals surface area contributed by atoms with Gasteiger partial charge in [0, 0.05) is 36.3 Å². The van der Waals surface area contributed by atoms with E-state index in [1.54, 1.807) is 4.68 Å². The highest BCUT2D eigenvalue weighted by Gasteiger charge is 2.35. The number of nitrogens with zero attached hydrogens (tertiary/aromatic N) is 4. The van der Waals surface area contributed by atoms with E-state index in [1.165, 1.54) is 0 Å². The lowest BCUT2D eigenvalue weighted by molar-refractivity contribution is -0.0361. The summed E-state index contributed by atoms with van der Waals surface area (Å²) in [6.07, 6.45) is 0.668. The highest BCUT2D eigenvalue weighted by atomic mass is 79.9. The van der Waals surface area contributed by atoms with Gasteiger partial charge in [0.05, 0.1) is 0 Å². The maximum absolute atomic E-state index is 13.2. The highest BCUT2D eigenvalue weighted by molar-refractivity contribution is 9.10. The molecule has 0 saturated heterocycles.